The zero-order chi connectivity index (χ0) is 26.3. The van der Waals surface area contributed by atoms with Crippen molar-refractivity contribution in [1.82, 2.24) is 9.47 Å². The minimum atomic E-state index is -1.30. The summed E-state index contributed by atoms with van der Waals surface area (Å²) < 4.78 is 22.0. The van der Waals surface area contributed by atoms with Crippen LogP contribution in [-0.2, 0) is 23.3 Å². The Labute approximate surface area is 219 Å². The van der Waals surface area contributed by atoms with Crippen molar-refractivity contribution >= 4 is 28.3 Å². The number of halogens is 2. The third-order valence-corrected chi connectivity index (χ3v) is 7.27. The van der Waals surface area contributed by atoms with Crippen LogP contribution in [0.25, 0.3) is 22.0 Å². The standard InChI is InChI=1S/C29H26ClFN4O2/c1-4-34(2)28(33-32)29(37-3,20-8-10-23(31)11-9-20)21-14-19-12-13-35-26(36)17-24(25(16-21)27(19)35)18-6-5-7-22(30)15-18/h4-11,14-17H,1,12-13,32H2,2-3H3/b33-28-. The van der Waals surface area contributed by atoms with Gasteiger partial charge in [0.25, 0.3) is 5.56 Å². The number of ether oxygens (including phenoxy) is 1. The number of methoxy groups -OCH3 is 1. The number of nitrogens with two attached hydrogens (primary N) is 1. The molecule has 8 heteroatoms. The number of amidine groups is 1. The van der Waals surface area contributed by atoms with Gasteiger partial charge in [0, 0.05) is 37.2 Å². The molecule has 0 fully saturated rings. The van der Waals surface area contributed by atoms with Crippen LogP contribution in [0.15, 0.2) is 89.4 Å². The lowest BCUT2D eigenvalue weighted by molar-refractivity contribution is 0.0748. The molecule has 1 aromatic heterocycles. The van der Waals surface area contributed by atoms with Crippen molar-refractivity contribution in [3.8, 4) is 11.1 Å². The number of benzene rings is 3. The number of hydrogen-bond acceptors (Lipinski definition) is 4. The van der Waals surface area contributed by atoms with Gasteiger partial charge in [-0.2, -0.15) is 5.10 Å². The van der Waals surface area contributed by atoms with Crippen LogP contribution in [0.4, 0.5) is 4.39 Å². The fraction of sp³-hybridized carbons (Fsp3) is 0.172. The van der Waals surface area contributed by atoms with Crippen molar-refractivity contribution in [1.29, 1.82) is 0 Å². The van der Waals surface area contributed by atoms with Gasteiger partial charge in [0.15, 0.2) is 11.4 Å². The first kappa shape index (κ1) is 24.7. The van der Waals surface area contributed by atoms with Crippen LogP contribution in [0.5, 0.6) is 0 Å². The maximum absolute atomic E-state index is 14.0. The summed E-state index contributed by atoms with van der Waals surface area (Å²) in [6, 6.07) is 19.1. The lowest BCUT2D eigenvalue weighted by Crippen LogP contribution is -2.46. The van der Waals surface area contributed by atoms with E-state index in [2.05, 4.69) is 11.7 Å². The molecule has 1 aliphatic rings. The smallest absolute Gasteiger partial charge is 0.251 e. The molecular weight excluding hydrogens is 491 g/mol. The number of pyridine rings is 1. The summed E-state index contributed by atoms with van der Waals surface area (Å²) in [6.45, 7) is 4.44. The van der Waals surface area contributed by atoms with E-state index in [1.165, 1.54) is 12.1 Å². The largest absolute Gasteiger partial charge is 0.361 e. The highest BCUT2D eigenvalue weighted by molar-refractivity contribution is 6.30. The van der Waals surface area contributed by atoms with Gasteiger partial charge in [-0.1, -0.05) is 42.4 Å². The van der Waals surface area contributed by atoms with Gasteiger partial charge in [-0.15, -0.1) is 0 Å². The Hall–Kier alpha value is -3.94. The summed E-state index contributed by atoms with van der Waals surface area (Å²) in [5.74, 6) is 5.94. The van der Waals surface area contributed by atoms with Crippen LogP contribution in [-0.4, -0.2) is 29.5 Å². The molecule has 0 aliphatic carbocycles. The molecule has 1 atom stereocenters. The molecule has 37 heavy (non-hydrogen) atoms. The van der Waals surface area contributed by atoms with Gasteiger partial charge in [0.2, 0.25) is 0 Å². The van der Waals surface area contributed by atoms with E-state index in [0.717, 1.165) is 33.2 Å². The van der Waals surface area contributed by atoms with Crippen molar-refractivity contribution in [3.05, 3.63) is 117 Å². The van der Waals surface area contributed by atoms with E-state index in [-0.39, 0.29) is 11.4 Å². The van der Waals surface area contributed by atoms with Gasteiger partial charge in [-0.3, -0.25) is 4.79 Å². The van der Waals surface area contributed by atoms with E-state index >= 15 is 0 Å². The highest BCUT2D eigenvalue weighted by atomic mass is 35.5. The van der Waals surface area contributed by atoms with Crippen molar-refractivity contribution in [2.45, 2.75) is 18.6 Å². The number of aromatic nitrogens is 1. The maximum atomic E-state index is 14.0. The minimum absolute atomic E-state index is 0.0684. The van der Waals surface area contributed by atoms with Crippen molar-refractivity contribution in [3.63, 3.8) is 0 Å². The summed E-state index contributed by atoms with van der Waals surface area (Å²) in [7, 11) is 3.33. The first-order valence-corrected chi connectivity index (χ1v) is 12.1. The Morgan fingerprint density at radius 1 is 1.19 bits per heavy atom. The summed E-state index contributed by atoms with van der Waals surface area (Å²) in [6.07, 6.45) is 2.26. The highest BCUT2D eigenvalue weighted by Gasteiger charge is 2.43. The number of rotatable bonds is 6. The van der Waals surface area contributed by atoms with E-state index in [9.17, 15) is 9.18 Å². The van der Waals surface area contributed by atoms with Gasteiger partial charge in [0.05, 0.1) is 5.52 Å². The van der Waals surface area contributed by atoms with Crippen molar-refractivity contribution in [2.24, 2.45) is 10.9 Å². The molecule has 0 saturated heterocycles. The Morgan fingerprint density at radius 3 is 2.59 bits per heavy atom. The molecule has 2 N–H and O–H groups in total. The number of likely N-dealkylation sites (N-methyl/N-ethyl adjacent to an activating group) is 1. The van der Waals surface area contributed by atoms with Gasteiger partial charge in [-0.05, 0) is 76.8 Å². The Bertz CT molecular complexity index is 1610. The molecule has 0 spiro atoms. The van der Waals surface area contributed by atoms with Gasteiger partial charge >= 0.3 is 0 Å². The molecule has 5 rings (SSSR count). The minimum Gasteiger partial charge on any atom is -0.361 e. The van der Waals surface area contributed by atoms with Gasteiger partial charge in [-0.25, -0.2) is 4.39 Å². The van der Waals surface area contributed by atoms with Crippen LogP contribution >= 0.6 is 11.6 Å². The third-order valence-electron chi connectivity index (χ3n) is 7.03. The van der Waals surface area contributed by atoms with Crippen molar-refractivity contribution < 1.29 is 9.13 Å². The monoisotopic (exact) mass is 516 g/mol. The molecule has 2 heterocycles. The number of hydrogen-bond donors (Lipinski definition) is 1. The van der Waals surface area contributed by atoms with E-state index in [1.807, 2.05) is 30.3 Å². The normalized spacial score (nSPS) is 14.5. The zero-order valence-corrected chi connectivity index (χ0v) is 21.3. The fourth-order valence-electron chi connectivity index (χ4n) is 5.30. The predicted molar refractivity (Wildman–Crippen MR) is 146 cm³/mol. The third kappa shape index (κ3) is 3.91. The summed E-state index contributed by atoms with van der Waals surface area (Å²) in [5.41, 5.74) is 3.46. The molecule has 188 valence electrons. The predicted octanol–water partition coefficient (Wildman–Crippen LogP) is 5.25. The lowest BCUT2D eigenvalue weighted by Gasteiger charge is -2.37. The molecule has 0 saturated carbocycles. The molecule has 0 bridgehead atoms. The van der Waals surface area contributed by atoms with Crippen LogP contribution in [0.1, 0.15) is 16.7 Å². The average molecular weight is 517 g/mol. The molecular formula is C29H26ClFN4O2. The summed E-state index contributed by atoms with van der Waals surface area (Å²) in [5, 5.41) is 5.55. The quantitative estimate of drug-likeness (QED) is 0.164. The van der Waals surface area contributed by atoms with E-state index in [4.69, 9.17) is 22.2 Å². The second-order valence-corrected chi connectivity index (χ2v) is 9.41. The van der Waals surface area contributed by atoms with E-state index in [0.29, 0.717) is 29.4 Å². The SMILES string of the molecule is C=CN(C)/C(=N\N)C(OC)(c1ccc(F)cc1)c1cc2c3c(c1)c(-c1cccc(Cl)c1)cc(=O)n3CC2. The highest BCUT2D eigenvalue weighted by Crippen LogP contribution is 2.41. The molecule has 6 nitrogen and oxygen atoms in total. The number of nitrogens with zero attached hydrogens (tertiary/aromatic N) is 3. The average Bonchev–Trinajstić information content (AvgIpc) is 3.34. The second kappa shape index (κ2) is 9.50. The zero-order valence-electron chi connectivity index (χ0n) is 20.5. The molecule has 1 unspecified atom stereocenters. The lowest BCUT2D eigenvalue weighted by atomic mass is 9.82. The molecule has 0 radical (unpaired) electrons. The molecule has 3 aromatic carbocycles. The summed E-state index contributed by atoms with van der Waals surface area (Å²) >= 11 is 6.31. The molecule has 0 amide bonds. The van der Waals surface area contributed by atoms with E-state index < -0.39 is 5.60 Å². The first-order valence-electron chi connectivity index (χ1n) is 11.8. The van der Waals surface area contributed by atoms with E-state index in [1.54, 1.807) is 54.1 Å². The Morgan fingerprint density at radius 2 is 1.95 bits per heavy atom. The van der Waals surface area contributed by atoms with Gasteiger partial charge in [0.1, 0.15) is 5.82 Å². The second-order valence-electron chi connectivity index (χ2n) is 8.98. The van der Waals surface area contributed by atoms with Crippen LogP contribution in [0, 0.1) is 5.82 Å². The number of aryl methyl sites for hydroxylation is 2. The van der Waals surface area contributed by atoms with Crippen molar-refractivity contribution in [2.75, 3.05) is 14.2 Å². The fourth-order valence-corrected chi connectivity index (χ4v) is 5.49. The summed E-state index contributed by atoms with van der Waals surface area (Å²) in [4.78, 5) is 14.7. The number of hydrazone groups is 1. The van der Waals surface area contributed by atoms with Crippen LogP contribution in [0.3, 0.4) is 0 Å². The first-order chi connectivity index (χ1) is 17.8. The van der Waals surface area contributed by atoms with Crippen LogP contribution in [0.2, 0.25) is 5.02 Å². The van der Waals surface area contributed by atoms with Crippen LogP contribution < -0.4 is 11.4 Å². The maximum Gasteiger partial charge on any atom is 0.251 e. The van der Waals surface area contributed by atoms with Gasteiger partial charge < -0.3 is 20.0 Å². The molecule has 4 aromatic rings. The Balaban J connectivity index is 1.90. The Kier molecular flexibility index (Phi) is 6.35. The molecule has 1 aliphatic heterocycles. The topological polar surface area (TPSA) is 72.8 Å².